The van der Waals surface area contributed by atoms with E-state index in [0.717, 1.165) is 11.8 Å². The predicted molar refractivity (Wildman–Crippen MR) is 32.5 cm³/mol. The zero-order valence-electron chi connectivity index (χ0n) is 4.39. The van der Waals surface area contributed by atoms with Crippen LogP contribution in [-0.2, 0) is 4.79 Å². The second kappa shape index (κ2) is 6.75. The van der Waals surface area contributed by atoms with E-state index in [-0.39, 0.29) is 6.01 Å². The van der Waals surface area contributed by atoms with Crippen molar-refractivity contribution in [2.75, 3.05) is 18.3 Å². The maximum Gasteiger partial charge on any atom is 0.207 e. The molecule has 0 aromatic carbocycles. The molecule has 0 aliphatic carbocycles. The van der Waals surface area contributed by atoms with Gasteiger partial charge in [-0.1, -0.05) is 0 Å². The number of thioether (sulfide) groups is 1. The molecule has 0 unspecified atom stereocenters. The number of rotatable bonds is 5. The van der Waals surface area contributed by atoms with Crippen LogP contribution in [0.4, 0.5) is 4.39 Å². The molecule has 1 amide bonds. The second-order valence-electron chi connectivity index (χ2n) is 1.09. The summed E-state index contributed by atoms with van der Waals surface area (Å²) < 4.78 is 11.3. The van der Waals surface area contributed by atoms with Crippen molar-refractivity contribution in [3.63, 3.8) is 0 Å². The number of carbonyl (C=O) groups is 1. The van der Waals surface area contributed by atoms with Crippen LogP contribution in [0.2, 0.25) is 0 Å². The van der Waals surface area contributed by atoms with Crippen molar-refractivity contribution < 1.29 is 9.18 Å². The van der Waals surface area contributed by atoms with Gasteiger partial charge in [0.1, 0.15) is 6.01 Å². The largest absolute Gasteiger partial charge is 0.358 e. The summed E-state index contributed by atoms with van der Waals surface area (Å²) in [5, 5.41) is 2.42. The standard InChI is InChI=1S/C4H8FNOS/c5-3-8-2-1-6-4-7/h4H,1-3H2,(H,6,7). The summed E-state index contributed by atoms with van der Waals surface area (Å²) in [5.41, 5.74) is 0. The van der Waals surface area contributed by atoms with E-state index >= 15 is 0 Å². The highest BCUT2D eigenvalue weighted by Gasteiger charge is 1.82. The molecule has 0 rings (SSSR count). The van der Waals surface area contributed by atoms with Gasteiger partial charge in [-0.05, 0) is 0 Å². The fourth-order valence-corrected chi connectivity index (χ4v) is 0.616. The third-order valence-electron chi connectivity index (χ3n) is 0.551. The predicted octanol–water partition coefficient (Wildman–Crippen LogP) is 0.393. The summed E-state index contributed by atoms with van der Waals surface area (Å²) in [6.07, 6.45) is 0.610. The lowest BCUT2D eigenvalue weighted by molar-refractivity contribution is -0.109. The zero-order valence-corrected chi connectivity index (χ0v) is 5.21. The first-order valence-electron chi connectivity index (χ1n) is 2.22. The Labute approximate surface area is 51.8 Å². The molecule has 0 radical (unpaired) electrons. The molecule has 8 heavy (non-hydrogen) atoms. The van der Waals surface area contributed by atoms with E-state index in [9.17, 15) is 9.18 Å². The first kappa shape index (κ1) is 7.75. The number of hydrogen-bond acceptors (Lipinski definition) is 2. The molecule has 0 fully saturated rings. The average molecular weight is 137 g/mol. The average Bonchev–Trinajstić information content (AvgIpc) is 1.81. The van der Waals surface area contributed by atoms with Crippen LogP contribution in [0.25, 0.3) is 0 Å². The maximum absolute atomic E-state index is 11.3. The summed E-state index contributed by atoms with van der Waals surface area (Å²) in [4.78, 5) is 9.55. The van der Waals surface area contributed by atoms with E-state index in [1.165, 1.54) is 0 Å². The van der Waals surface area contributed by atoms with Gasteiger partial charge in [0.2, 0.25) is 6.41 Å². The van der Waals surface area contributed by atoms with Gasteiger partial charge in [0.05, 0.1) is 0 Å². The van der Waals surface area contributed by atoms with Gasteiger partial charge in [0, 0.05) is 12.3 Å². The molecule has 0 aromatic heterocycles. The van der Waals surface area contributed by atoms with Crippen molar-refractivity contribution in [3.8, 4) is 0 Å². The highest BCUT2D eigenvalue weighted by molar-refractivity contribution is 7.99. The molecule has 0 bridgehead atoms. The number of alkyl halides is 1. The molecule has 48 valence electrons. The van der Waals surface area contributed by atoms with Crippen molar-refractivity contribution in [2.24, 2.45) is 0 Å². The molecule has 0 aliphatic heterocycles. The quantitative estimate of drug-likeness (QED) is 0.439. The third kappa shape index (κ3) is 5.75. The van der Waals surface area contributed by atoms with E-state index in [1.807, 2.05) is 0 Å². The van der Waals surface area contributed by atoms with E-state index in [2.05, 4.69) is 5.32 Å². The Morgan fingerprint density at radius 1 is 1.75 bits per heavy atom. The number of nitrogens with one attached hydrogen (secondary N) is 1. The van der Waals surface area contributed by atoms with E-state index < -0.39 is 0 Å². The van der Waals surface area contributed by atoms with Gasteiger partial charge in [-0.15, -0.1) is 11.8 Å². The van der Waals surface area contributed by atoms with Crippen molar-refractivity contribution in [1.29, 1.82) is 0 Å². The number of amides is 1. The molecular weight excluding hydrogens is 129 g/mol. The highest BCUT2D eigenvalue weighted by Crippen LogP contribution is 1.95. The Hall–Kier alpha value is -0.250. The van der Waals surface area contributed by atoms with Gasteiger partial charge < -0.3 is 5.32 Å². The lowest BCUT2D eigenvalue weighted by Gasteiger charge is -1.92. The molecule has 0 aliphatic rings. The Morgan fingerprint density at radius 3 is 3.00 bits per heavy atom. The number of halogens is 1. The van der Waals surface area contributed by atoms with Gasteiger partial charge in [-0.25, -0.2) is 4.39 Å². The van der Waals surface area contributed by atoms with Gasteiger partial charge in [0.25, 0.3) is 0 Å². The molecule has 0 atom stereocenters. The van der Waals surface area contributed by atoms with Crippen molar-refractivity contribution in [3.05, 3.63) is 0 Å². The zero-order chi connectivity index (χ0) is 6.24. The van der Waals surface area contributed by atoms with Crippen LogP contribution >= 0.6 is 11.8 Å². The topological polar surface area (TPSA) is 29.1 Å². The lowest BCUT2D eigenvalue weighted by atomic mass is 10.8. The SMILES string of the molecule is O=CNCCSCF. The van der Waals surface area contributed by atoms with Crippen molar-refractivity contribution in [1.82, 2.24) is 5.32 Å². The fraction of sp³-hybridized carbons (Fsp3) is 0.750. The highest BCUT2D eigenvalue weighted by atomic mass is 32.2. The molecule has 2 nitrogen and oxygen atoms in total. The molecule has 0 saturated carbocycles. The Morgan fingerprint density at radius 2 is 2.50 bits per heavy atom. The van der Waals surface area contributed by atoms with Crippen LogP contribution in [-0.4, -0.2) is 24.7 Å². The lowest BCUT2D eigenvalue weighted by Crippen LogP contribution is -2.13. The van der Waals surface area contributed by atoms with Gasteiger partial charge >= 0.3 is 0 Å². The monoisotopic (exact) mass is 137 g/mol. The van der Waals surface area contributed by atoms with E-state index in [4.69, 9.17) is 0 Å². The third-order valence-corrected chi connectivity index (χ3v) is 1.20. The smallest absolute Gasteiger partial charge is 0.207 e. The first-order valence-corrected chi connectivity index (χ1v) is 3.38. The number of hydrogen-bond donors (Lipinski definition) is 1. The first-order chi connectivity index (χ1) is 3.91. The summed E-state index contributed by atoms with van der Waals surface area (Å²) in [6, 6.07) is -0.374. The summed E-state index contributed by atoms with van der Waals surface area (Å²) in [7, 11) is 0. The molecule has 0 spiro atoms. The van der Waals surface area contributed by atoms with Crippen LogP contribution in [0.15, 0.2) is 0 Å². The molecular formula is C4H8FNOS. The summed E-state index contributed by atoms with van der Waals surface area (Å²) in [5.74, 6) is 0.648. The molecule has 1 N–H and O–H groups in total. The number of carbonyl (C=O) groups excluding carboxylic acids is 1. The summed E-state index contributed by atoms with van der Waals surface area (Å²) in [6.45, 7) is 0.554. The normalized spacial score (nSPS) is 8.62. The molecule has 0 saturated heterocycles. The maximum atomic E-state index is 11.3. The minimum Gasteiger partial charge on any atom is -0.358 e. The van der Waals surface area contributed by atoms with Crippen LogP contribution in [0.3, 0.4) is 0 Å². The van der Waals surface area contributed by atoms with Gasteiger partial charge in [-0.2, -0.15) is 0 Å². The van der Waals surface area contributed by atoms with Crippen LogP contribution in [0.5, 0.6) is 0 Å². The van der Waals surface area contributed by atoms with Crippen molar-refractivity contribution in [2.45, 2.75) is 0 Å². The van der Waals surface area contributed by atoms with Crippen LogP contribution < -0.4 is 5.32 Å². The Kier molecular flexibility index (Phi) is 6.54. The van der Waals surface area contributed by atoms with Gasteiger partial charge in [0.15, 0.2) is 0 Å². The van der Waals surface area contributed by atoms with Crippen LogP contribution in [0.1, 0.15) is 0 Å². The Balaban J connectivity index is 2.62. The second-order valence-corrected chi connectivity index (χ2v) is 2.12. The minimum absolute atomic E-state index is 0.374. The molecule has 4 heteroatoms. The minimum atomic E-state index is -0.374. The van der Waals surface area contributed by atoms with Gasteiger partial charge in [-0.3, -0.25) is 4.79 Å². The molecule has 0 aromatic rings. The Bertz CT molecular complexity index is 62.0. The van der Waals surface area contributed by atoms with E-state index in [1.54, 1.807) is 0 Å². The van der Waals surface area contributed by atoms with Crippen LogP contribution in [0, 0.1) is 0 Å². The fourth-order valence-electron chi connectivity index (χ4n) is 0.245. The summed E-state index contributed by atoms with van der Waals surface area (Å²) >= 11 is 1.16. The van der Waals surface area contributed by atoms with E-state index in [0.29, 0.717) is 18.7 Å². The van der Waals surface area contributed by atoms with Crippen molar-refractivity contribution >= 4 is 18.2 Å². The molecule has 0 heterocycles.